The van der Waals surface area contributed by atoms with E-state index in [1.165, 1.54) is 0 Å². The fraction of sp³-hybridized carbons (Fsp3) is 0.222. The second-order valence-electron chi connectivity index (χ2n) is 8.48. The first-order chi connectivity index (χ1) is 17.1. The van der Waals surface area contributed by atoms with Crippen molar-refractivity contribution in [2.45, 2.75) is 6.92 Å². The average Bonchev–Trinajstić information content (AvgIpc) is 3.31. The maximum Gasteiger partial charge on any atom is 0.349 e. The second-order valence-corrected chi connectivity index (χ2v) is 9.49. The van der Waals surface area contributed by atoms with E-state index in [2.05, 4.69) is 4.90 Å². The summed E-state index contributed by atoms with van der Waals surface area (Å²) in [6.45, 7) is 4.89. The highest BCUT2D eigenvalue weighted by atomic mass is 32.1. The van der Waals surface area contributed by atoms with Gasteiger partial charge in [0.1, 0.15) is 16.9 Å². The molecule has 1 aliphatic heterocycles. The molecule has 6 rings (SSSR count). The molecule has 0 saturated carbocycles. The van der Waals surface area contributed by atoms with Gasteiger partial charge in [-0.2, -0.15) is 0 Å². The van der Waals surface area contributed by atoms with E-state index in [-0.39, 0.29) is 11.5 Å². The quantitative estimate of drug-likeness (QED) is 0.266. The number of hydrogen-bond acceptors (Lipinski definition) is 7. The molecule has 35 heavy (non-hydrogen) atoms. The number of amides is 1. The van der Waals surface area contributed by atoms with E-state index in [0.29, 0.717) is 38.4 Å². The van der Waals surface area contributed by atoms with Gasteiger partial charge >= 0.3 is 5.63 Å². The van der Waals surface area contributed by atoms with E-state index in [0.717, 1.165) is 37.3 Å². The largest absolute Gasteiger partial charge is 0.494 e. The summed E-state index contributed by atoms with van der Waals surface area (Å²) < 4.78 is 12.2. The van der Waals surface area contributed by atoms with Crippen molar-refractivity contribution in [3.63, 3.8) is 0 Å². The van der Waals surface area contributed by atoms with Crippen molar-refractivity contribution in [2.75, 3.05) is 37.7 Å². The smallest absolute Gasteiger partial charge is 0.349 e. The number of carbonyl (C=O) groups is 1. The summed E-state index contributed by atoms with van der Waals surface area (Å²) in [4.78, 5) is 34.6. The molecule has 0 aliphatic carbocycles. The van der Waals surface area contributed by atoms with E-state index < -0.39 is 5.63 Å². The van der Waals surface area contributed by atoms with Crippen LogP contribution in [-0.2, 0) is 0 Å². The lowest BCUT2D eigenvalue weighted by molar-refractivity contribution is 0.0742. The van der Waals surface area contributed by atoms with Gasteiger partial charge < -0.3 is 19.0 Å². The minimum Gasteiger partial charge on any atom is -0.494 e. The van der Waals surface area contributed by atoms with E-state index >= 15 is 0 Å². The van der Waals surface area contributed by atoms with Gasteiger partial charge in [-0.15, -0.1) is 0 Å². The summed E-state index contributed by atoms with van der Waals surface area (Å²) in [5, 5.41) is 3.68. The molecule has 3 heterocycles. The Balaban J connectivity index is 1.23. The minimum absolute atomic E-state index is 0.0748. The van der Waals surface area contributed by atoms with Crippen molar-refractivity contribution < 1.29 is 13.9 Å². The number of carbonyl (C=O) groups excluding carboxylic acids is 1. The normalized spacial score (nSPS) is 14.2. The van der Waals surface area contributed by atoms with Crippen LogP contribution in [0.4, 0.5) is 5.13 Å². The van der Waals surface area contributed by atoms with Gasteiger partial charge in [-0.25, -0.2) is 9.78 Å². The fourth-order valence-corrected chi connectivity index (χ4v) is 5.62. The molecule has 0 spiro atoms. The molecule has 8 heteroatoms. The van der Waals surface area contributed by atoms with Crippen LogP contribution in [0.15, 0.2) is 69.9 Å². The first-order valence-corrected chi connectivity index (χ1v) is 12.5. The van der Waals surface area contributed by atoms with Crippen LogP contribution in [0, 0.1) is 0 Å². The lowest BCUT2D eigenvalue weighted by Gasteiger charge is -2.34. The third-order valence-electron chi connectivity index (χ3n) is 6.37. The lowest BCUT2D eigenvalue weighted by atomic mass is 10.0. The zero-order valence-electron chi connectivity index (χ0n) is 19.2. The van der Waals surface area contributed by atoms with Gasteiger partial charge in [0.05, 0.1) is 16.8 Å². The highest BCUT2D eigenvalue weighted by Gasteiger charge is 2.26. The number of benzene rings is 3. The van der Waals surface area contributed by atoms with Crippen molar-refractivity contribution >= 4 is 54.3 Å². The van der Waals surface area contributed by atoms with Crippen molar-refractivity contribution in [1.29, 1.82) is 0 Å². The predicted octanol–water partition coefficient (Wildman–Crippen LogP) is 4.92. The average molecular weight is 486 g/mol. The maximum absolute atomic E-state index is 13.3. The number of ether oxygens (including phenoxy) is 1. The summed E-state index contributed by atoms with van der Waals surface area (Å²) in [6, 6.07) is 19.2. The maximum atomic E-state index is 13.3. The van der Waals surface area contributed by atoms with Gasteiger partial charge in [0.25, 0.3) is 5.91 Å². The van der Waals surface area contributed by atoms with Crippen LogP contribution >= 0.6 is 11.3 Å². The molecule has 0 unspecified atom stereocenters. The van der Waals surface area contributed by atoms with Crippen molar-refractivity contribution in [3.05, 3.63) is 76.6 Å². The molecule has 1 saturated heterocycles. The minimum atomic E-state index is -0.600. The Morgan fingerprint density at radius 1 is 1.03 bits per heavy atom. The molecule has 0 atom stereocenters. The molecular formula is C27H23N3O4S. The molecule has 3 aromatic carbocycles. The monoisotopic (exact) mass is 485 g/mol. The molecule has 0 bridgehead atoms. The summed E-state index contributed by atoms with van der Waals surface area (Å²) in [6.07, 6.45) is 0. The Kier molecular flexibility index (Phi) is 5.37. The van der Waals surface area contributed by atoms with Crippen LogP contribution in [0.1, 0.15) is 17.3 Å². The van der Waals surface area contributed by atoms with E-state index in [4.69, 9.17) is 14.1 Å². The standard InChI is InChI=1S/C27H23N3O4S/c1-2-33-18-8-9-22-24(15-18)35-27(28-22)30-13-11-29(12-14-30)25(31)21-16-20-19-6-4-3-5-17(19)7-10-23(20)34-26(21)32/h3-10,15-16H,2,11-14H2,1H3. The van der Waals surface area contributed by atoms with Crippen LogP contribution in [0.3, 0.4) is 0 Å². The Morgan fingerprint density at radius 2 is 1.86 bits per heavy atom. The summed E-state index contributed by atoms with van der Waals surface area (Å²) >= 11 is 1.62. The molecule has 7 nitrogen and oxygen atoms in total. The van der Waals surface area contributed by atoms with Crippen LogP contribution in [0.5, 0.6) is 5.75 Å². The number of nitrogens with zero attached hydrogens (tertiary/aromatic N) is 3. The summed E-state index contributed by atoms with van der Waals surface area (Å²) in [5.41, 5.74) is 0.897. The van der Waals surface area contributed by atoms with Gasteiger partial charge in [0, 0.05) is 31.6 Å². The molecule has 176 valence electrons. The highest BCUT2D eigenvalue weighted by molar-refractivity contribution is 7.22. The number of thiazole rings is 1. The van der Waals surface area contributed by atoms with E-state index in [1.54, 1.807) is 28.4 Å². The molecular weight excluding hydrogens is 462 g/mol. The SMILES string of the molecule is CCOc1ccc2nc(N3CCN(C(=O)c4cc5c(ccc6ccccc65)oc4=O)CC3)sc2c1. The Labute approximate surface area is 205 Å². The zero-order valence-corrected chi connectivity index (χ0v) is 20.0. The number of rotatable bonds is 4. The predicted molar refractivity (Wildman–Crippen MR) is 139 cm³/mol. The number of hydrogen-bond donors (Lipinski definition) is 0. The molecule has 0 radical (unpaired) electrons. The second kappa shape index (κ2) is 8.70. The van der Waals surface area contributed by atoms with E-state index in [1.807, 2.05) is 55.5 Å². The highest BCUT2D eigenvalue weighted by Crippen LogP contribution is 2.32. The van der Waals surface area contributed by atoms with Crippen LogP contribution in [-0.4, -0.2) is 48.6 Å². The molecule has 0 N–H and O–H groups in total. The van der Waals surface area contributed by atoms with Crippen molar-refractivity contribution in [1.82, 2.24) is 9.88 Å². The van der Waals surface area contributed by atoms with Crippen molar-refractivity contribution in [3.8, 4) is 5.75 Å². The Bertz CT molecular complexity index is 1630. The van der Waals surface area contributed by atoms with Gasteiger partial charge in [-0.05, 0) is 48.0 Å². The van der Waals surface area contributed by atoms with Crippen LogP contribution in [0.2, 0.25) is 0 Å². The van der Waals surface area contributed by atoms with Crippen LogP contribution < -0.4 is 15.3 Å². The Hall–Kier alpha value is -3.91. The summed E-state index contributed by atoms with van der Waals surface area (Å²) in [7, 11) is 0. The van der Waals surface area contributed by atoms with Gasteiger partial charge in [-0.1, -0.05) is 41.7 Å². The fourth-order valence-electron chi connectivity index (χ4n) is 4.58. The zero-order chi connectivity index (χ0) is 23.9. The number of aromatic nitrogens is 1. The Morgan fingerprint density at radius 3 is 2.69 bits per heavy atom. The first kappa shape index (κ1) is 21.6. The third kappa shape index (κ3) is 3.89. The molecule has 2 aromatic heterocycles. The molecule has 1 amide bonds. The lowest BCUT2D eigenvalue weighted by Crippen LogP contribution is -2.49. The van der Waals surface area contributed by atoms with E-state index in [9.17, 15) is 9.59 Å². The number of anilines is 1. The topological polar surface area (TPSA) is 75.9 Å². The first-order valence-electron chi connectivity index (χ1n) is 11.6. The van der Waals surface area contributed by atoms with Crippen LogP contribution in [0.25, 0.3) is 32.0 Å². The van der Waals surface area contributed by atoms with Gasteiger partial charge in [0.2, 0.25) is 0 Å². The molecule has 1 aliphatic rings. The number of fused-ring (bicyclic) bond motifs is 4. The van der Waals surface area contributed by atoms with Gasteiger partial charge in [-0.3, -0.25) is 4.79 Å². The molecule has 5 aromatic rings. The summed E-state index contributed by atoms with van der Waals surface area (Å²) in [5.74, 6) is 0.548. The molecule has 1 fully saturated rings. The van der Waals surface area contributed by atoms with Gasteiger partial charge in [0.15, 0.2) is 5.13 Å². The van der Waals surface area contributed by atoms with Crippen molar-refractivity contribution in [2.24, 2.45) is 0 Å². The number of piperazine rings is 1. The third-order valence-corrected chi connectivity index (χ3v) is 7.45.